The summed E-state index contributed by atoms with van der Waals surface area (Å²) in [6.07, 6.45) is -0.268. The van der Waals surface area contributed by atoms with E-state index in [4.69, 9.17) is 9.47 Å². The number of nitrogens with zero attached hydrogens (tertiary/aromatic N) is 2. The van der Waals surface area contributed by atoms with Gasteiger partial charge >= 0.3 is 5.97 Å². The second-order valence-corrected chi connectivity index (χ2v) is 6.47. The van der Waals surface area contributed by atoms with E-state index >= 15 is 0 Å². The zero-order valence-corrected chi connectivity index (χ0v) is 16.1. The number of hydrogen-bond donors (Lipinski definition) is 2. The predicted molar refractivity (Wildman–Crippen MR) is 99.3 cm³/mol. The van der Waals surface area contributed by atoms with Gasteiger partial charge < -0.3 is 19.9 Å². The van der Waals surface area contributed by atoms with E-state index in [0.29, 0.717) is 22.8 Å². The molecule has 2 rings (SSSR count). The first kappa shape index (κ1) is 20.3. The summed E-state index contributed by atoms with van der Waals surface area (Å²) in [6, 6.07) is 6.03. The summed E-state index contributed by atoms with van der Waals surface area (Å²) in [4.78, 5) is 24.0. The molecule has 1 amide bonds. The molecule has 0 spiro atoms. The lowest BCUT2D eigenvalue weighted by molar-refractivity contribution is -0.137. The lowest BCUT2D eigenvalue weighted by Crippen LogP contribution is -2.31. The first-order valence-electron chi connectivity index (χ1n) is 8.55. The monoisotopic (exact) mass is 375 g/mol. The summed E-state index contributed by atoms with van der Waals surface area (Å²) in [5, 5.41) is 16.4. The lowest BCUT2D eigenvalue weighted by Gasteiger charge is -2.19. The van der Waals surface area contributed by atoms with Crippen molar-refractivity contribution < 1.29 is 24.2 Å². The van der Waals surface area contributed by atoms with E-state index in [0.717, 1.165) is 5.69 Å². The Kier molecular flexibility index (Phi) is 6.44. The van der Waals surface area contributed by atoms with Crippen molar-refractivity contribution in [2.45, 2.75) is 32.2 Å². The van der Waals surface area contributed by atoms with Gasteiger partial charge in [0, 0.05) is 7.05 Å². The molecule has 1 atom stereocenters. The minimum absolute atomic E-state index is 0.179. The fourth-order valence-corrected chi connectivity index (χ4v) is 2.71. The van der Waals surface area contributed by atoms with Gasteiger partial charge in [-0.15, -0.1) is 0 Å². The fraction of sp³-hybridized carbons (Fsp3) is 0.421. The lowest BCUT2D eigenvalue weighted by atomic mass is 10.0. The number of nitrogens with one attached hydrogen (secondary N) is 1. The van der Waals surface area contributed by atoms with Crippen molar-refractivity contribution in [2.24, 2.45) is 7.05 Å². The first-order valence-corrected chi connectivity index (χ1v) is 8.55. The number of aryl methyl sites for hydroxylation is 1. The van der Waals surface area contributed by atoms with Crippen LogP contribution in [0.1, 0.15) is 54.0 Å². The van der Waals surface area contributed by atoms with Crippen molar-refractivity contribution in [3.63, 3.8) is 0 Å². The average Bonchev–Trinajstić information content (AvgIpc) is 3.02. The average molecular weight is 375 g/mol. The SMILES string of the molecule is COc1ccc(C(CC(=O)O)NC(=O)c2cc(C(C)C)nn2C)cc1OC. The Morgan fingerprint density at radius 2 is 1.85 bits per heavy atom. The molecule has 8 heteroatoms. The van der Waals surface area contributed by atoms with Crippen LogP contribution in [0.25, 0.3) is 0 Å². The Balaban J connectivity index is 2.32. The van der Waals surface area contributed by atoms with E-state index in [2.05, 4.69) is 10.4 Å². The molecule has 0 radical (unpaired) electrons. The molecule has 8 nitrogen and oxygen atoms in total. The number of benzene rings is 1. The zero-order valence-electron chi connectivity index (χ0n) is 16.1. The molecule has 1 aromatic heterocycles. The van der Waals surface area contributed by atoms with Crippen LogP contribution in [0.3, 0.4) is 0 Å². The molecule has 0 saturated carbocycles. The van der Waals surface area contributed by atoms with Crippen LogP contribution >= 0.6 is 0 Å². The van der Waals surface area contributed by atoms with E-state index in [1.807, 2.05) is 13.8 Å². The molecule has 0 aliphatic carbocycles. The molecule has 0 aliphatic heterocycles. The number of hydrogen-bond acceptors (Lipinski definition) is 5. The van der Waals surface area contributed by atoms with Crippen molar-refractivity contribution in [2.75, 3.05) is 14.2 Å². The number of ether oxygens (including phenoxy) is 2. The van der Waals surface area contributed by atoms with Crippen molar-refractivity contribution >= 4 is 11.9 Å². The summed E-state index contributed by atoms with van der Waals surface area (Å²) < 4.78 is 12.0. The maximum Gasteiger partial charge on any atom is 0.305 e. The topological polar surface area (TPSA) is 103 Å². The van der Waals surface area contributed by atoms with Crippen LogP contribution in [0.5, 0.6) is 11.5 Å². The number of carboxylic acids is 1. The van der Waals surface area contributed by atoms with Crippen molar-refractivity contribution in [3.05, 3.63) is 41.2 Å². The molecule has 2 aromatic rings. The number of carboxylic acid groups (broad SMARTS) is 1. The van der Waals surface area contributed by atoms with Crippen LogP contribution in [-0.4, -0.2) is 41.0 Å². The highest BCUT2D eigenvalue weighted by atomic mass is 16.5. The van der Waals surface area contributed by atoms with Crippen LogP contribution in [0.4, 0.5) is 0 Å². The van der Waals surface area contributed by atoms with Gasteiger partial charge in [0.25, 0.3) is 5.91 Å². The molecular formula is C19H25N3O5. The largest absolute Gasteiger partial charge is 0.493 e. The molecular weight excluding hydrogens is 350 g/mol. The number of aromatic nitrogens is 2. The smallest absolute Gasteiger partial charge is 0.305 e. The van der Waals surface area contributed by atoms with Gasteiger partial charge in [0.05, 0.1) is 32.4 Å². The Bertz CT molecular complexity index is 829. The van der Waals surface area contributed by atoms with Crippen molar-refractivity contribution in [1.82, 2.24) is 15.1 Å². The van der Waals surface area contributed by atoms with E-state index in [-0.39, 0.29) is 12.3 Å². The van der Waals surface area contributed by atoms with Gasteiger partial charge in [-0.25, -0.2) is 0 Å². The van der Waals surface area contributed by atoms with Gasteiger partial charge in [0.15, 0.2) is 11.5 Å². The fourth-order valence-electron chi connectivity index (χ4n) is 2.71. The highest BCUT2D eigenvalue weighted by molar-refractivity contribution is 5.93. The molecule has 0 aliphatic rings. The summed E-state index contributed by atoms with van der Waals surface area (Å²) in [7, 11) is 4.70. The number of carbonyl (C=O) groups excluding carboxylic acids is 1. The van der Waals surface area contributed by atoms with Crippen molar-refractivity contribution in [3.8, 4) is 11.5 Å². The maximum absolute atomic E-state index is 12.7. The third kappa shape index (κ3) is 4.78. The molecule has 2 N–H and O–H groups in total. The molecule has 1 unspecified atom stereocenters. The Hall–Kier alpha value is -3.03. The van der Waals surface area contributed by atoms with E-state index < -0.39 is 17.9 Å². The Morgan fingerprint density at radius 3 is 2.37 bits per heavy atom. The molecule has 0 bridgehead atoms. The molecule has 1 aromatic carbocycles. The summed E-state index contributed by atoms with van der Waals surface area (Å²) in [6.45, 7) is 3.97. The molecule has 27 heavy (non-hydrogen) atoms. The van der Waals surface area contributed by atoms with Crippen molar-refractivity contribution in [1.29, 1.82) is 0 Å². The van der Waals surface area contributed by atoms with Crippen LogP contribution in [0, 0.1) is 0 Å². The first-order chi connectivity index (χ1) is 12.8. The van der Waals surface area contributed by atoms with E-state index in [1.165, 1.54) is 18.9 Å². The quantitative estimate of drug-likeness (QED) is 0.735. The van der Waals surface area contributed by atoms with E-state index in [1.54, 1.807) is 31.3 Å². The van der Waals surface area contributed by atoms with Gasteiger partial charge in [0.1, 0.15) is 5.69 Å². The standard InChI is InChI=1S/C19H25N3O5/c1-11(2)13-9-15(22(3)21-13)19(25)20-14(10-18(23)24)12-6-7-16(26-4)17(8-12)27-5/h6-9,11,14H,10H2,1-5H3,(H,20,25)(H,23,24). The van der Waals surface area contributed by atoms with Gasteiger partial charge in [-0.05, 0) is 29.7 Å². The number of aliphatic carboxylic acids is 1. The Morgan fingerprint density at radius 1 is 1.19 bits per heavy atom. The number of amides is 1. The molecule has 1 heterocycles. The van der Waals surface area contributed by atoms with Gasteiger partial charge in [-0.2, -0.15) is 5.10 Å². The molecule has 0 saturated heterocycles. The minimum atomic E-state index is -1.03. The zero-order chi connectivity index (χ0) is 20.1. The maximum atomic E-state index is 12.7. The summed E-state index contributed by atoms with van der Waals surface area (Å²) >= 11 is 0. The van der Waals surface area contributed by atoms with Gasteiger partial charge in [-0.1, -0.05) is 19.9 Å². The Labute approximate surface area is 158 Å². The highest BCUT2D eigenvalue weighted by Crippen LogP contribution is 2.31. The summed E-state index contributed by atoms with van der Waals surface area (Å²) in [5.74, 6) is -0.253. The third-order valence-corrected chi connectivity index (χ3v) is 4.22. The third-order valence-electron chi connectivity index (χ3n) is 4.22. The molecule has 146 valence electrons. The van der Waals surface area contributed by atoms with Crippen LogP contribution in [0.15, 0.2) is 24.3 Å². The van der Waals surface area contributed by atoms with Gasteiger partial charge in [0.2, 0.25) is 0 Å². The highest BCUT2D eigenvalue weighted by Gasteiger charge is 2.23. The summed E-state index contributed by atoms with van der Waals surface area (Å²) in [5.41, 5.74) is 1.77. The van der Waals surface area contributed by atoms with Crippen LogP contribution < -0.4 is 14.8 Å². The van der Waals surface area contributed by atoms with E-state index in [9.17, 15) is 14.7 Å². The number of methoxy groups -OCH3 is 2. The number of rotatable bonds is 8. The number of carbonyl (C=O) groups is 2. The minimum Gasteiger partial charge on any atom is -0.493 e. The second-order valence-electron chi connectivity index (χ2n) is 6.47. The normalized spacial score (nSPS) is 11.9. The molecule has 0 fully saturated rings. The van der Waals surface area contributed by atoms with Crippen LogP contribution in [0.2, 0.25) is 0 Å². The second kappa shape index (κ2) is 8.57. The predicted octanol–water partition coefficient (Wildman–Crippen LogP) is 2.51. The van der Waals surface area contributed by atoms with Gasteiger partial charge in [-0.3, -0.25) is 14.3 Å². The van der Waals surface area contributed by atoms with Crippen LogP contribution in [-0.2, 0) is 11.8 Å².